The molecule has 2 aromatic rings. The monoisotopic (exact) mass is 228 g/mol. The lowest BCUT2D eigenvalue weighted by molar-refractivity contribution is -0.274. The molecule has 16 heavy (non-hydrogen) atoms. The molecule has 0 saturated carbocycles. The Morgan fingerprint density at radius 3 is 2.62 bits per heavy atom. The van der Waals surface area contributed by atoms with E-state index in [9.17, 15) is 13.2 Å². The maximum absolute atomic E-state index is 12.1. The molecule has 1 aromatic heterocycles. The number of hydrogen-bond acceptors (Lipinski definition) is 3. The number of rotatable bonds is 2. The number of nitrogens with zero attached hydrogens (tertiary/aromatic N) is 1. The second kappa shape index (κ2) is 3.88. The van der Waals surface area contributed by atoms with Gasteiger partial charge in [-0.15, -0.1) is 13.2 Å². The van der Waals surface area contributed by atoms with Gasteiger partial charge in [-0.05, 0) is 12.1 Å². The van der Waals surface area contributed by atoms with Crippen LogP contribution in [0.1, 0.15) is 0 Å². The Morgan fingerprint density at radius 2 is 2.00 bits per heavy atom. The zero-order valence-corrected chi connectivity index (χ0v) is 7.78. The predicted octanol–water partition coefficient (Wildman–Crippen LogP) is 3.04. The molecule has 1 radical (unpaired) electrons. The number of benzene rings is 1. The fraction of sp³-hybridized carbons (Fsp3) is 0.100. The van der Waals surface area contributed by atoms with Crippen molar-refractivity contribution in [3.05, 3.63) is 36.6 Å². The highest BCUT2D eigenvalue weighted by molar-refractivity contribution is 5.66. The normalized spacial score (nSPS) is 11.4. The number of ether oxygens (including phenoxy) is 1. The maximum atomic E-state index is 12.1. The van der Waals surface area contributed by atoms with Crippen LogP contribution in [-0.2, 0) is 0 Å². The van der Waals surface area contributed by atoms with Crippen molar-refractivity contribution < 1.29 is 22.4 Å². The lowest BCUT2D eigenvalue weighted by Gasteiger charge is -2.11. The number of halogens is 3. The highest BCUT2D eigenvalue weighted by Crippen LogP contribution is 2.32. The van der Waals surface area contributed by atoms with E-state index in [0.29, 0.717) is 0 Å². The van der Waals surface area contributed by atoms with E-state index in [1.54, 1.807) is 6.07 Å². The Kier molecular flexibility index (Phi) is 2.55. The molecule has 3 nitrogen and oxygen atoms in total. The molecular formula is C10H5F3NO2. The zero-order chi connectivity index (χ0) is 11.6. The van der Waals surface area contributed by atoms with Crippen molar-refractivity contribution in [3.63, 3.8) is 0 Å². The van der Waals surface area contributed by atoms with Gasteiger partial charge in [-0.3, -0.25) is 0 Å². The first-order chi connectivity index (χ1) is 7.56. The molecule has 0 amide bonds. The highest BCUT2D eigenvalue weighted by atomic mass is 19.4. The Balaban J connectivity index is 2.39. The average molecular weight is 228 g/mol. The maximum Gasteiger partial charge on any atom is 0.573 e. The Morgan fingerprint density at radius 1 is 1.25 bits per heavy atom. The van der Waals surface area contributed by atoms with Crippen LogP contribution in [0, 0.1) is 6.26 Å². The summed E-state index contributed by atoms with van der Waals surface area (Å²) in [5, 5.41) is 3.50. The van der Waals surface area contributed by atoms with Crippen LogP contribution in [0.25, 0.3) is 11.3 Å². The molecule has 0 fully saturated rings. The van der Waals surface area contributed by atoms with Gasteiger partial charge in [-0.1, -0.05) is 17.3 Å². The molecule has 0 bridgehead atoms. The van der Waals surface area contributed by atoms with Crippen LogP contribution >= 0.6 is 0 Å². The van der Waals surface area contributed by atoms with Crippen molar-refractivity contribution >= 4 is 0 Å². The SMILES string of the molecule is FC(F)(F)Oc1ccccc1-c1c[c]on1. The molecular weight excluding hydrogens is 223 g/mol. The van der Waals surface area contributed by atoms with Crippen LogP contribution in [0.2, 0.25) is 0 Å². The summed E-state index contributed by atoms with van der Waals surface area (Å²) in [5.41, 5.74) is 0.435. The van der Waals surface area contributed by atoms with Gasteiger partial charge >= 0.3 is 6.36 Å². The molecule has 0 aliphatic heterocycles. The van der Waals surface area contributed by atoms with Gasteiger partial charge in [0.15, 0.2) is 0 Å². The molecule has 0 N–H and O–H groups in total. The third-order valence-corrected chi connectivity index (χ3v) is 1.78. The Hall–Kier alpha value is -1.98. The first-order valence-corrected chi connectivity index (χ1v) is 4.24. The van der Waals surface area contributed by atoms with Gasteiger partial charge in [-0.2, -0.15) is 0 Å². The fourth-order valence-corrected chi connectivity index (χ4v) is 1.20. The summed E-state index contributed by atoms with van der Waals surface area (Å²) in [7, 11) is 0. The van der Waals surface area contributed by atoms with E-state index < -0.39 is 6.36 Å². The second-order valence-corrected chi connectivity index (χ2v) is 2.87. The molecule has 0 unspecified atom stereocenters. The van der Waals surface area contributed by atoms with Crippen molar-refractivity contribution in [1.29, 1.82) is 0 Å². The van der Waals surface area contributed by atoms with Crippen molar-refractivity contribution in [3.8, 4) is 17.0 Å². The first-order valence-electron chi connectivity index (χ1n) is 4.24. The zero-order valence-electron chi connectivity index (χ0n) is 7.78. The summed E-state index contributed by atoms with van der Waals surface area (Å²) in [6, 6.07) is 7.00. The van der Waals surface area contributed by atoms with Crippen LogP contribution in [-0.4, -0.2) is 11.5 Å². The Labute approximate surface area is 88.4 Å². The van der Waals surface area contributed by atoms with E-state index >= 15 is 0 Å². The number of aromatic nitrogens is 1. The van der Waals surface area contributed by atoms with Crippen molar-refractivity contribution in [1.82, 2.24) is 5.16 Å². The van der Waals surface area contributed by atoms with Gasteiger partial charge in [0.05, 0.1) is 0 Å². The minimum Gasteiger partial charge on any atom is -0.405 e. The van der Waals surface area contributed by atoms with E-state index in [1.165, 1.54) is 24.3 Å². The van der Waals surface area contributed by atoms with Crippen molar-refractivity contribution in [2.24, 2.45) is 0 Å². The van der Waals surface area contributed by atoms with Crippen LogP contribution in [0.15, 0.2) is 34.9 Å². The van der Waals surface area contributed by atoms with Gasteiger partial charge in [-0.25, -0.2) is 0 Å². The third-order valence-electron chi connectivity index (χ3n) is 1.78. The average Bonchev–Trinajstić information content (AvgIpc) is 2.69. The molecule has 6 heteroatoms. The summed E-state index contributed by atoms with van der Waals surface area (Å²) < 4.78 is 44.6. The van der Waals surface area contributed by atoms with Crippen LogP contribution in [0.5, 0.6) is 5.75 Å². The van der Waals surface area contributed by atoms with E-state index in [-0.39, 0.29) is 17.0 Å². The van der Waals surface area contributed by atoms with Crippen molar-refractivity contribution in [2.75, 3.05) is 0 Å². The van der Waals surface area contributed by atoms with Crippen LogP contribution in [0.3, 0.4) is 0 Å². The highest BCUT2D eigenvalue weighted by Gasteiger charge is 2.32. The topological polar surface area (TPSA) is 35.3 Å². The summed E-state index contributed by atoms with van der Waals surface area (Å²) in [6.07, 6.45) is -2.44. The number of alkyl halides is 3. The number of hydrogen-bond donors (Lipinski definition) is 0. The van der Waals surface area contributed by atoms with Crippen molar-refractivity contribution in [2.45, 2.75) is 6.36 Å². The largest absolute Gasteiger partial charge is 0.573 e. The van der Waals surface area contributed by atoms with Gasteiger partial charge in [0.25, 0.3) is 0 Å². The third kappa shape index (κ3) is 2.33. The smallest absolute Gasteiger partial charge is 0.405 e. The van der Waals surface area contributed by atoms with E-state index in [1.807, 2.05) is 0 Å². The van der Waals surface area contributed by atoms with E-state index in [0.717, 1.165) is 0 Å². The molecule has 83 valence electrons. The molecule has 0 spiro atoms. The van der Waals surface area contributed by atoms with Crippen LogP contribution < -0.4 is 4.74 Å². The molecule has 2 rings (SSSR count). The molecule has 1 aromatic carbocycles. The van der Waals surface area contributed by atoms with Crippen LogP contribution in [0.4, 0.5) is 13.2 Å². The minimum atomic E-state index is -4.73. The lowest BCUT2D eigenvalue weighted by Crippen LogP contribution is -2.17. The van der Waals surface area contributed by atoms with Gasteiger partial charge in [0, 0.05) is 11.6 Å². The minimum absolute atomic E-state index is 0.199. The molecule has 0 atom stereocenters. The molecule has 0 aliphatic rings. The summed E-state index contributed by atoms with van der Waals surface area (Å²) in [5.74, 6) is -0.322. The quantitative estimate of drug-likeness (QED) is 0.792. The molecule has 0 aliphatic carbocycles. The number of para-hydroxylation sites is 1. The van der Waals surface area contributed by atoms with Gasteiger partial charge in [0.2, 0.25) is 6.26 Å². The summed E-state index contributed by atoms with van der Waals surface area (Å²) >= 11 is 0. The fourth-order valence-electron chi connectivity index (χ4n) is 1.20. The lowest BCUT2D eigenvalue weighted by atomic mass is 10.1. The van der Waals surface area contributed by atoms with E-state index in [2.05, 4.69) is 20.7 Å². The first kappa shape index (κ1) is 10.5. The predicted molar refractivity (Wildman–Crippen MR) is 47.5 cm³/mol. The van der Waals surface area contributed by atoms with Gasteiger partial charge in [0.1, 0.15) is 11.4 Å². The Bertz CT molecular complexity index is 465. The van der Waals surface area contributed by atoms with Gasteiger partial charge < -0.3 is 9.26 Å². The van der Waals surface area contributed by atoms with E-state index in [4.69, 9.17) is 0 Å². The summed E-state index contributed by atoms with van der Waals surface area (Å²) in [4.78, 5) is 0. The second-order valence-electron chi connectivity index (χ2n) is 2.87. The molecule has 1 heterocycles. The molecule has 0 saturated heterocycles. The standard InChI is InChI=1S/C10H5F3NO2/c11-10(12,13)16-9-4-2-1-3-7(9)8-5-6-15-14-8/h1-5H. The summed E-state index contributed by atoms with van der Waals surface area (Å²) in [6.45, 7) is 0.